The number of hydrogen-bond donors (Lipinski definition) is 2. The zero-order chi connectivity index (χ0) is 19.2. The first-order valence-electron chi connectivity index (χ1n) is 9.31. The maximum absolute atomic E-state index is 12.7. The van der Waals surface area contributed by atoms with Gasteiger partial charge in [0.05, 0.1) is 6.04 Å². The van der Waals surface area contributed by atoms with Gasteiger partial charge in [-0.15, -0.1) is 0 Å². The molecule has 1 saturated heterocycles. The third-order valence-electron chi connectivity index (χ3n) is 5.06. The fourth-order valence-corrected chi connectivity index (χ4v) is 3.63. The normalized spacial score (nSPS) is 16.7. The van der Waals surface area contributed by atoms with Gasteiger partial charge in [0.1, 0.15) is 0 Å². The lowest BCUT2D eigenvalue weighted by atomic mass is 10.1. The van der Waals surface area contributed by atoms with Crippen LogP contribution in [0, 0.1) is 6.92 Å². The van der Waals surface area contributed by atoms with E-state index in [9.17, 15) is 4.79 Å². The predicted molar refractivity (Wildman–Crippen MR) is 114 cm³/mol. The Balaban J connectivity index is 1.69. The Morgan fingerprint density at radius 2 is 1.78 bits per heavy atom. The molecule has 144 valence electrons. The number of anilines is 1. The number of amides is 2. The van der Waals surface area contributed by atoms with Crippen molar-refractivity contribution < 1.29 is 4.79 Å². The third-order valence-corrected chi connectivity index (χ3v) is 5.92. The van der Waals surface area contributed by atoms with Crippen molar-refractivity contribution in [3.8, 4) is 0 Å². The van der Waals surface area contributed by atoms with Crippen LogP contribution in [0.15, 0.2) is 53.0 Å². The zero-order valence-electron chi connectivity index (χ0n) is 15.9. The molecule has 6 heteroatoms. The SMILES string of the molecule is Cc1c(Br)cccc1NC(=O)NC(CN1CCN(C)CC1)c1ccccc1. The van der Waals surface area contributed by atoms with Gasteiger partial charge < -0.3 is 15.5 Å². The Hall–Kier alpha value is -1.89. The first-order chi connectivity index (χ1) is 13.0. The summed E-state index contributed by atoms with van der Waals surface area (Å²) >= 11 is 3.51. The molecular formula is C21H27BrN4O. The van der Waals surface area contributed by atoms with E-state index in [1.165, 1.54) is 0 Å². The molecule has 2 aromatic carbocycles. The molecule has 1 unspecified atom stereocenters. The summed E-state index contributed by atoms with van der Waals surface area (Å²) in [7, 11) is 2.15. The van der Waals surface area contributed by atoms with Gasteiger partial charge in [0.2, 0.25) is 0 Å². The van der Waals surface area contributed by atoms with Crippen LogP contribution in [0.1, 0.15) is 17.2 Å². The fourth-order valence-electron chi connectivity index (χ4n) is 3.27. The number of piperazine rings is 1. The van der Waals surface area contributed by atoms with Crippen LogP contribution < -0.4 is 10.6 Å². The van der Waals surface area contributed by atoms with Crippen molar-refractivity contribution in [3.63, 3.8) is 0 Å². The molecule has 1 aliphatic heterocycles. The lowest BCUT2D eigenvalue weighted by Crippen LogP contribution is -2.48. The van der Waals surface area contributed by atoms with Crippen LogP contribution in [-0.2, 0) is 0 Å². The van der Waals surface area contributed by atoms with Gasteiger partial charge in [-0.2, -0.15) is 0 Å². The minimum absolute atomic E-state index is 0.0536. The quantitative estimate of drug-likeness (QED) is 0.756. The number of nitrogens with one attached hydrogen (secondary N) is 2. The van der Waals surface area contributed by atoms with Gasteiger partial charge in [-0.25, -0.2) is 4.79 Å². The number of likely N-dealkylation sites (N-methyl/N-ethyl adjacent to an activating group) is 1. The molecule has 0 aliphatic carbocycles. The molecule has 0 aromatic heterocycles. The highest BCUT2D eigenvalue weighted by Gasteiger charge is 2.21. The highest BCUT2D eigenvalue weighted by molar-refractivity contribution is 9.10. The van der Waals surface area contributed by atoms with Crippen LogP contribution in [0.3, 0.4) is 0 Å². The molecule has 0 radical (unpaired) electrons. The van der Waals surface area contributed by atoms with Crippen LogP contribution >= 0.6 is 15.9 Å². The summed E-state index contributed by atoms with van der Waals surface area (Å²) in [4.78, 5) is 17.4. The maximum atomic E-state index is 12.7. The summed E-state index contributed by atoms with van der Waals surface area (Å²) in [5, 5.41) is 6.16. The second kappa shape index (κ2) is 9.35. The van der Waals surface area contributed by atoms with Crippen molar-refractivity contribution in [2.24, 2.45) is 0 Å². The molecule has 27 heavy (non-hydrogen) atoms. The largest absolute Gasteiger partial charge is 0.330 e. The maximum Gasteiger partial charge on any atom is 0.319 e. The van der Waals surface area contributed by atoms with Gasteiger partial charge in [-0.05, 0) is 37.2 Å². The van der Waals surface area contributed by atoms with Crippen molar-refractivity contribution in [1.82, 2.24) is 15.1 Å². The lowest BCUT2D eigenvalue weighted by Gasteiger charge is -2.35. The Morgan fingerprint density at radius 1 is 1.07 bits per heavy atom. The highest BCUT2D eigenvalue weighted by atomic mass is 79.9. The molecule has 0 saturated carbocycles. The van der Waals surface area contributed by atoms with E-state index >= 15 is 0 Å². The van der Waals surface area contributed by atoms with E-state index in [0.717, 1.165) is 54.0 Å². The molecular weight excluding hydrogens is 404 g/mol. The van der Waals surface area contributed by atoms with Crippen molar-refractivity contribution in [1.29, 1.82) is 0 Å². The number of carbonyl (C=O) groups is 1. The van der Waals surface area contributed by atoms with Gasteiger partial charge in [-0.3, -0.25) is 4.90 Å². The molecule has 2 aromatic rings. The third kappa shape index (κ3) is 5.54. The molecule has 2 amide bonds. The average molecular weight is 431 g/mol. The number of urea groups is 1. The second-order valence-corrected chi connectivity index (χ2v) is 7.93. The van der Waals surface area contributed by atoms with E-state index in [0.29, 0.717) is 0 Å². The van der Waals surface area contributed by atoms with Gasteiger partial charge in [-0.1, -0.05) is 52.3 Å². The molecule has 3 rings (SSSR count). The molecule has 0 bridgehead atoms. The van der Waals surface area contributed by atoms with Crippen molar-refractivity contribution >= 4 is 27.6 Å². The number of nitrogens with zero attached hydrogens (tertiary/aromatic N) is 2. The van der Waals surface area contributed by atoms with Gasteiger partial charge in [0, 0.05) is 42.9 Å². The first kappa shape index (κ1) is 19.9. The van der Waals surface area contributed by atoms with Crippen molar-refractivity contribution in [2.45, 2.75) is 13.0 Å². The van der Waals surface area contributed by atoms with Crippen LogP contribution in [0.2, 0.25) is 0 Å². The Kier molecular flexibility index (Phi) is 6.88. The van der Waals surface area contributed by atoms with E-state index in [1.807, 2.05) is 43.3 Å². The first-order valence-corrected chi connectivity index (χ1v) is 10.1. The highest BCUT2D eigenvalue weighted by Crippen LogP contribution is 2.23. The fraction of sp³-hybridized carbons (Fsp3) is 0.381. The number of hydrogen-bond acceptors (Lipinski definition) is 3. The molecule has 2 N–H and O–H groups in total. The number of halogens is 1. The summed E-state index contributed by atoms with van der Waals surface area (Å²) in [5.41, 5.74) is 2.95. The second-order valence-electron chi connectivity index (χ2n) is 7.08. The Bertz CT molecular complexity index is 760. The summed E-state index contributed by atoms with van der Waals surface area (Å²) in [6.45, 7) is 6.96. The Labute approximate surface area is 169 Å². The minimum Gasteiger partial charge on any atom is -0.330 e. The predicted octanol–water partition coefficient (Wildman–Crippen LogP) is 3.87. The smallest absolute Gasteiger partial charge is 0.319 e. The Morgan fingerprint density at radius 3 is 2.48 bits per heavy atom. The van der Waals surface area contributed by atoms with E-state index < -0.39 is 0 Å². The molecule has 1 aliphatic rings. The van der Waals surface area contributed by atoms with Crippen LogP contribution in [0.4, 0.5) is 10.5 Å². The monoisotopic (exact) mass is 430 g/mol. The molecule has 1 atom stereocenters. The summed E-state index contributed by atoms with van der Waals surface area (Å²) in [5.74, 6) is 0. The van der Waals surface area contributed by atoms with E-state index in [1.54, 1.807) is 0 Å². The van der Waals surface area contributed by atoms with Crippen molar-refractivity contribution in [3.05, 3.63) is 64.1 Å². The van der Waals surface area contributed by atoms with Gasteiger partial charge in [0.15, 0.2) is 0 Å². The van der Waals surface area contributed by atoms with E-state index in [-0.39, 0.29) is 12.1 Å². The van der Waals surface area contributed by atoms with Crippen LogP contribution in [0.5, 0.6) is 0 Å². The minimum atomic E-state index is -0.181. The summed E-state index contributed by atoms with van der Waals surface area (Å²) < 4.78 is 0.984. The number of benzene rings is 2. The van der Waals surface area contributed by atoms with Gasteiger partial charge in [0.25, 0.3) is 0 Å². The topological polar surface area (TPSA) is 47.6 Å². The van der Waals surface area contributed by atoms with Gasteiger partial charge >= 0.3 is 6.03 Å². The van der Waals surface area contributed by atoms with Crippen LogP contribution in [-0.4, -0.2) is 55.6 Å². The van der Waals surface area contributed by atoms with Crippen molar-refractivity contribution in [2.75, 3.05) is 45.1 Å². The molecule has 0 spiro atoms. The van der Waals surface area contributed by atoms with Crippen LogP contribution in [0.25, 0.3) is 0 Å². The summed E-state index contributed by atoms with van der Waals surface area (Å²) in [6.07, 6.45) is 0. The van der Waals surface area contributed by atoms with E-state index in [4.69, 9.17) is 0 Å². The molecule has 5 nitrogen and oxygen atoms in total. The molecule has 1 heterocycles. The lowest BCUT2D eigenvalue weighted by molar-refractivity contribution is 0.143. The zero-order valence-corrected chi connectivity index (χ0v) is 17.5. The number of carbonyl (C=O) groups excluding carboxylic acids is 1. The standard InChI is InChI=1S/C21H27BrN4O/c1-16-18(22)9-6-10-19(16)23-21(27)24-20(17-7-4-3-5-8-17)15-26-13-11-25(2)12-14-26/h3-10,20H,11-15H2,1-2H3,(H2,23,24,27). The summed E-state index contributed by atoms with van der Waals surface area (Å²) in [6, 6.07) is 15.8. The molecule has 1 fully saturated rings. The van der Waals surface area contributed by atoms with E-state index in [2.05, 4.69) is 55.5 Å². The average Bonchev–Trinajstić information content (AvgIpc) is 2.67. The number of rotatable bonds is 5.